The summed E-state index contributed by atoms with van der Waals surface area (Å²) in [6.45, 7) is 14.4. The van der Waals surface area contributed by atoms with Crippen LogP contribution in [0.4, 0.5) is 11.6 Å². The molecule has 1 N–H and O–H groups in total. The predicted octanol–water partition coefficient (Wildman–Crippen LogP) is 4.05. The second-order valence-corrected chi connectivity index (χ2v) is 7.15. The van der Waals surface area contributed by atoms with Gasteiger partial charge in [-0.3, -0.25) is 0 Å². The monoisotopic (exact) mass is 290 g/mol. The largest absolute Gasteiger partial charge is 0.370 e. The Hall–Kier alpha value is -1.32. The molecule has 1 aliphatic rings. The molecule has 1 saturated heterocycles. The Morgan fingerprint density at radius 2 is 2.00 bits per heavy atom. The van der Waals surface area contributed by atoms with Crippen LogP contribution >= 0.6 is 0 Å². The molecule has 2 rings (SSSR count). The van der Waals surface area contributed by atoms with Gasteiger partial charge in [0, 0.05) is 25.2 Å². The molecule has 0 bridgehead atoms. The van der Waals surface area contributed by atoms with Gasteiger partial charge in [0.2, 0.25) is 0 Å². The zero-order valence-electron chi connectivity index (χ0n) is 14.2. The maximum absolute atomic E-state index is 4.63. The summed E-state index contributed by atoms with van der Waals surface area (Å²) in [6, 6.07) is 0. The summed E-state index contributed by atoms with van der Waals surface area (Å²) < 4.78 is 0. The van der Waals surface area contributed by atoms with Crippen LogP contribution in [0.1, 0.15) is 65.4 Å². The predicted molar refractivity (Wildman–Crippen MR) is 90.1 cm³/mol. The van der Waals surface area contributed by atoms with E-state index in [-0.39, 0.29) is 0 Å². The van der Waals surface area contributed by atoms with E-state index in [1.165, 1.54) is 24.8 Å². The first kappa shape index (κ1) is 16.1. The number of anilines is 2. The van der Waals surface area contributed by atoms with Gasteiger partial charge in [-0.1, -0.05) is 27.7 Å². The SMILES string of the molecule is CCNc1ncnc(N2CCCC(C)(C)CC2)c1C(C)C. The third kappa shape index (κ3) is 3.86. The van der Waals surface area contributed by atoms with Gasteiger partial charge in [0.25, 0.3) is 0 Å². The van der Waals surface area contributed by atoms with Crippen molar-refractivity contribution in [2.75, 3.05) is 29.9 Å². The minimum atomic E-state index is 0.423. The summed E-state index contributed by atoms with van der Waals surface area (Å²) in [6.07, 6.45) is 5.47. The number of nitrogens with one attached hydrogen (secondary N) is 1. The van der Waals surface area contributed by atoms with E-state index in [2.05, 4.69) is 54.8 Å². The quantitative estimate of drug-likeness (QED) is 0.908. The van der Waals surface area contributed by atoms with E-state index in [0.717, 1.165) is 31.3 Å². The van der Waals surface area contributed by atoms with Gasteiger partial charge in [-0.2, -0.15) is 0 Å². The van der Waals surface area contributed by atoms with Crippen molar-refractivity contribution in [3.8, 4) is 0 Å². The normalized spacial score (nSPS) is 18.7. The molecule has 0 saturated carbocycles. The Labute approximate surface area is 129 Å². The Morgan fingerprint density at radius 3 is 2.67 bits per heavy atom. The number of hydrogen-bond acceptors (Lipinski definition) is 4. The van der Waals surface area contributed by atoms with E-state index >= 15 is 0 Å². The Kier molecular flexibility index (Phi) is 5.07. The summed E-state index contributed by atoms with van der Waals surface area (Å²) in [5.41, 5.74) is 1.71. The van der Waals surface area contributed by atoms with Gasteiger partial charge in [0.05, 0.1) is 0 Å². The Bertz CT molecular complexity index is 468. The van der Waals surface area contributed by atoms with Crippen LogP contribution in [0.15, 0.2) is 6.33 Å². The second kappa shape index (κ2) is 6.63. The average Bonchev–Trinajstić information content (AvgIpc) is 2.59. The van der Waals surface area contributed by atoms with Crippen molar-refractivity contribution in [1.82, 2.24) is 9.97 Å². The summed E-state index contributed by atoms with van der Waals surface area (Å²) in [7, 11) is 0. The molecule has 4 heteroatoms. The minimum Gasteiger partial charge on any atom is -0.370 e. The molecule has 0 radical (unpaired) electrons. The highest BCUT2D eigenvalue weighted by Gasteiger charge is 2.26. The van der Waals surface area contributed by atoms with Crippen LogP contribution < -0.4 is 10.2 Å². The standard InChI is InChI=1S/C17H30N4/c1-6-18-15-14(13(2)3)16(20-12-19-15)21-10-7-8-17(4,5)9-11-21/h12-13H,6-11H2,1-5H3,(H,18,19,20). The summed E-state index contributed by atoms with van der Waals surface area (Å²) >= 11 is 0. The summed E-state index contributed by atoms with van der Waals surface area (Å²) in [5, 5.41) is 3.39. The molecule has 4 nitrogen and oxygen atoms in total. The van der Waals surface area contributed by atoms with Crippen LogP contribution in [0.2, 0.25) is 0 Å². The lowest BCUT2D eigenvalue weighted by molar-refractivity contribution is 0.325. The lowest BCUT2D eigenvalue weighted by atomic mass is 9.85. The van der Waals surface area contributed by atoms with Crippen LogP contribution in [0.25, 0.3) is 0 Å². The molecule has 1 aromatic heterocycles. The van der Waals surface area contributed by atoms with E-state index in [9.17, 15) is 0 Å². The van der Waals surface area contributed by atoms with Crippen LogP contribution in [0.3, 0.4) is 0 Å². The molecule has 1 fully saturated rings. The second-order valence-electron chi connectivity index (χ2n) is 7.15. The average molecular weight is 290 g/mol. The van der Waals surface area contributed by atoms with E-state index in [0.29, 0.717) is 11.3 Å². The summed E-state index contributed by atoms with van der Waals surface area (Å²) in [5.74, 6) is 2.56. The maximum Gasteiger partial charge on any atom is 0.137 e. The first-order valence-electron chi connectivity index (χ1n) is 8.28. The molecule has 1 aromatic rings. The van der Waals surface area contributed by atoms with Gasteiger partial charge in [0.1, 0.15) is 18.0 Å². The highest BCUT2D eigenvalue weighted by molar-refractivity contribution is 5.60. The molecule has 0 unspecified atom stereocenters. The molecule has 0 aromatic carbocycles. The van der Waals surface area contributed by atoms with Crippen molar-refractivity contribution < 1.29 is 0 Å². The lowest BCUT2D eigenvalue weighted by Gasteiger charge is -2.27. The number of hydrogen-bond donors (Lipinski definition) is 1. The molecule has 21 heavy (non-hydrogen) atoms. The third-order valence-electron chi connectivity index (χ3n) is 4.42. The van der Waals surface area contributed by atoms with Gasteiger partial charge in [0.15, 0.2) is 0 Å². The fourth-order valence-electron chi connectivity index (χ4n) is 3.11. The van der Waals surface area contributed by atoms with Crippen molar-refractivity contribution in [3.05, 3.63) is 11.9 Å². The zero-order chi connectivity index (χ0) is 15.5. The Morgan fingerprint density at radius 1 is 1.24 bits per heavy atom. The molecule has 0 atom stereocenters. The van der Waals surface area contributed by atoms with Crippen molar-refractivity contribution in [3.63, 3.8) is 0 Å². The van der Waals surface area contributed by atoms with Crippen molar-refractivity contribution >= 4 is 11.6 Å². The molecule has 1 aliphatic heterocycles. The first-order chi connectivity index (χ1) is 9.94. The van der Waals surface area contributed by atoms with Crippen molar-refractivity contribution in [2.24, 2.45) is 5.41 Å². The molecule has 2 heterocycles. The van der Waals surface area contributed by atoms with Crippen molar-refractivity contribution in [2.45, 2.75) is 59.8 Å². The first-order valence-corrected chi connectivity index (χ1v) is 8.28. The van der Waals surface area contributed by atoms with E-state index in [1.54, 1.807) is 6.33 Å². The fourth-order valence-corrected chi connectivity index (χ4v) is 3.11. The van der Waals surface area contributed by atoms with E-state index in [4.69, 9.17) is 0 Å². The Balaban J connectivity index is 2.32. The highest BCUT2D eigenvalue weighted by Crippen LogP contribution is 2.35. The van der Waals surface area contributed by atoms with Crippen LogP contribution in [0, 0.1) is 5.41 Å². The van der Waals surface area contributed by atoms with Crippen LogP contribution in [-0.4, -0.2) is 29.6 Å². The number of aromatic nitrogens is 2. The van der Waals surface area contributed by atoms with Gasteiger partial charge in [-0.05, 0) is 37.5 Å². The van der Waals surface area contributed by atoms with E-state index in [1.807, 2.05) is 0 Å². The molecule has 0 amide bonds. The number of rotatable bonds is 4. The van der Waals surface area contributed by atoms with E-state index < -0.39 is 0 Å². The zero-order valence-corrected chi connectivity index (χ0v) is 14.2. The van der Waals surface area contributed by atoms with Gasteiger partial charge >= 0.3 is 0 Å². The molecule has 118 valence electrons. The minimum absolute atomic E-state index is 0.423. The molecular formula is C17H30N4. The van der Waals surface area contributed by atoms with Crippen LogP contribution in [-0.2, 0) is 0 Å². The number of nitrogens with zero attached hydrogens (tertiary/aromatic N) is 3. The highest BCUT2D eigenvalue weighted by atomic mass is 15.2. The molecule has 0 aliphatic carbocycles. The van der Waals surface area contributed by atoms with Gasteiger partial charge in [-0.25, -0.2) is 9.97 Å². The summed E-state index contributed by atoms with van der Waals surface area (Å²) in [4.78, 5) is 11.5. The molecule has 0 spiro atoms. The van der Waals surface area contributed by atoms with Crippen LogP contribution in [0.5, 0.6) is 0 Å². The lowest BCUT2D eigenvalue weighted by Crippen LogP contribution is -2.28. The van der Waals surface area contributed by atoms with Gasteiger partial charge < -0.3 is 10.2 Å². The van der Waals surface area contributed by atoms with Gasteiger partial charge in [-0.15, -0.1) is 0 Å². The van der Waals surface area contributed by atoms with Crippen molar-refractivity contribution in [1.29, 1.82) is 0 Å². The fraction of sp³-hybridized carbons (Fsp3) is 0.765. The smallest absolute Gasteiger partial charge is 0.137 e. The third-order valence-corrected chi connectivity index (χ3v) is 4.42. The maximum atomic E-state index is 4.63. The topological polar surface area (TPSA) is 41.1 Å². The molecular weight excluding hydrogens is 260 g/mol.